The average molecular weight is 435 g/mol. The second kappa shape index (κ2) is 7.66. The quantitative estimate of drug-likeness (QED) is 0.502. The number of rotatable bonds is 5. The monoisotopic (exact) mass is 435 g/mol. The molecule has 0 aliphatic carbocycles. The van der Waals surface area contributed by atoms with Crippen LogP contribution in [0.3, 0.4) is 0 Å². The molecule has 4 aromatic rings. The lowest BCUT2D eigenvalue weighted by molar-refractivity contribution is 0.459. The van der Waals surface area contributed by atoms with E-state index >= 15 is 0 Å². The molecule has 11 heteroatoms. The Balaban J connectivity index is 1.71. The summed E-state index contributed by atoms with van der Waals surface area (Å²) in [7, 11) is -1.53. The van der Waals surface area contributed by atoms with Crippen LogP contribution in [0.1, 0.15) is 11.3 Å². The smallest absolute Gasteiger partial charge is 0.223 e. The Hall–Kier alpha value is -4.04. The Bertz CT molecular complexity index is 1440. The number of pyridine rings is 3. The maximum absolute atomic E-state index is 11.6. The van der Waals surface area contributed by atoms with Crippen molar-refractivity contribution in [3.05, 3.63) is 54.2 Å². The summed E-state index contributed by atoms with van der Waals surface area (Å²) in [5, 5.41) is 12.1. The van der Waals surface area contributed by atoms with E-state index in [2.05, 4.69) is 25.3 Å². The molecule has 10 nitrogen and oxygen atoms in total. The summed E-state index contributed by atoms with van der Waals surface area (Å²) in [6.07, 6.45) is 5.52. The Labute approximate surface area is 178 Å². The number of hydrogen-bond donors (Lipinski definition) is 1. The van der Waals surface area contributed by atoms with Crippen molar-refractivity contribution in [3.8, 4) is 17.7 Å². The molecule has 0 saturated heterocycles. The number of imidazole rings is 1. The number of nitrogens with zero attached hydrogens (tertiary/aromatic N) is 6. The van der Waals surface area contributed by atoms with Crippen LogP contribution < -0.4 is 10.1 Å². The average Bonchev–Trinajstić information content (AvgIpc) is 3.10. The Kier molecular flexibility index (Phi) is 5.00. The molecular formula is C20H17N7O3S. The molecule has 0 amide bonds. The van der Waals surface area contributed by atoms with Gasteiger partial charge in [0.05, 0.1) is 23.1 Å². The van der Waals surface area contributed by atoms with Gasteiger partial charge in [-0.2, -0.15) is 10.2 Å². The number of ether oxygens (including phenoxy) is 1. The molecule has 31 heavy (non-hydrogen) atoms. The zero-order valence-corrected chi connectivity index (χ0v) is 17.7. The summed E-state index contributed by atoms with van der Waals surface area (Å²) in [6, 6.07) is 8.33. The largest absolute Gasteiger partial charge is 0.437 e. The van der Waals surface area contributed by atoms with Crippen LogP contribution in [0, 0.1) is 18.3 Å². The van der Waals surface area contributed by atoms with Crippen LogP contribution in [0.25, 0.3) is 11.2 Å². The van der Waals surface area contributed by atoms with Crippen LogP contribution in [0.2, 0.25) is 0 Å². The summed E-state index contributed by atoms with van der Waals surface area (Å²) < 4.78 is 31.0. The van der Waals surface area contributed by atoms with E-state index in [9.17, 15) is 8.42 Å². The minimum Gasteiger partial charge on any atom is -0.437 e. The van der Waals surface area contributed by atoms with E-state index in [1.807, 2.05) is 20.0 Å². The fourth-order valence-electron chi connectivity index (χ4n) is 2.86. The molecule has 0 atom stereocenters. The highest BCUT2D eigenvalue weighted by molar-refractivity contribution is 7.90. The summed E-state index contributed by atoms with van der Waals surface area (Å²) in [5.74, 6) is 1.20. The highest BCUT2D eigenvalue weighted by Gasteiger charge is 2.14. The third-order valence-corrected chi connectivity index (χ3v) is 5.56. The normalized spacial score (nSPS) is 11.3. The van der Waals surface area contributed by atoms with Gasteiger partial charge >= 0.3 is 0 Å². The van der Waals surface area contributed by atoms with Gasteiger partial charge in [0, 0.05) is 25.6 Å². The Morgan fingerprint density at radius 2 is 1.97 bits per heavy atom. The SMILES string of the molecule is Cc1cc(C#N)ncc1Oc1cc(Nc2ccc(S(C)(=O)=O)cn2)c2ncn(C)c2n1. The molecule has 0 aliphatic rings. The van der Waals surface area contributed by atoms with Gasteiger partial charge in [-0.3, -0.25) is 0 Å². The molecule has 0 saturated carbocycles. The number of aromatic nitrogens is 5. The van der Waals surface area contributed by atoms with Crippen molar-refractivity contribution in [2.24, 2.45) is 7.05 Å². The van der Waals surface area contributed by atoms with E-state index in [0.29, 0.717) is 40.0 Å². The van der Waals surface area contributed by atoms with E-state index in [-0.39, 0.29) is 4.90 Å². The van der Waals surface area contributed by atoms with Gasteiger partial charge in [0.2, 0.25) is 5.88 Å². The first-order valence-electron chi connectivity index (χ1n) is 9.04. The topological polar surface area (TPSA) is 136 Å². The van der Waals surface area contributed by atoms with Gasteiger partial charge in [-0.15, -0.1) is 0 Å². The van der Waals surface area contributed by atoms with Gasteiger partial charge < -0.3 is 14.6 Å². The lowest BCUT2D eigenvalue weighted by Crippen LogP contribution is -2.01. The zero-order valence-electron chi connectivity index (χ0n) is 16.9. The van der Waals surface area contributed by atoms with Crippen LogP contribution in [0.4, 0.5) is 11.5 Å². The highest BCUT2D eigenvalue weighted by atomic mass is 32.2. The fourth-order valence-corrected chi connectivity index (χ4v) is 3.42. The molecular weight excluding hydrogens is 418 g/mol. The van der Waals surface area contributed by atoms with E-state index in [1.165, 1.54) is 18.5 Å². The molecule has 1 N–H and O–H groups in total. The van der Waals surface area contributed by atoms with Crippen molar-refractivity contribution in [2.75, 3.05) is 11.6 Å². The molecule has 0 bridgehead atoms. The minimum absolute atomic E-state index is 0.128. The summed E-state index contributed by atoms with van der Waals surface area (Å²) in [4.78, 5) is 17.2. The first-order valence-corrected chi connectivity index (χ1v) is 10.9. The first kappa shape index (κ1) is 20.2. The molecule has 4 heterocycles. The minimum atomic E-state index is -3.34. The van der Waals surface area contributed by atoms with Crippen LogP contribution in [-0.4, -0.2) is 39.2 Å². The summed E-state index contributed by atoms with van der Waals surface area (Å²) >= 11 is 0. The van der Waals surface area contributed by atoms with Gasteiger partial charge in [-0.1, -0.05) is 0 Å². The number of hydrogen-bond acceptors (Lipinski definition) is 9. The van der Waals surface area contributed by atoms with Crippen molar-refractivity contribution in [1.82, 2.24) is 24.5 Å². The molecule has 0 fully saturated rings. The molecule has 0 spiro atoms. The number of anilines is 2. The molecule has 0 aromatic carbocycles. The van der Waals surface area contributed by atoms with Crippen molar-refractivity contribution in [2.45, 2.75) is 11.8 Å². The molecule has 0 aliphatic heterocycles. The third kappa shape index (κ3) is 4.15. The van der Waals surface area contributed by atoms with Crippen molar-refractivity contribution in [1.29, 1.82) is 5.26 Å². The van der Waals surface area contributed by atoms with Gasteiger partial charge in [0.15, 0.2) is 21.2 Å². The van der Waals surface area contributed by atoms with E-state index in [1.54, 1.807) is 29.1 Å². The molecule has 0 unspecified atom stereocenters. The molecule has 0 radical (unpaired) electrons. The lowest BCUT2D eigenvalue weighted by Gasteiger charge is -2.11. The van der Waals surface area contributed by atoms with Gasteiger partial charge in [-0.05, 0) is 30.7 Å². The maximum atomic E-state index is 11.6. The second-order valence-corrected chi connectivity index (χ2v) is 8.88. The highest BCUT2D eigenvalue weighted by Crippen LogP contribution is 2.31. The van der Waals surface area contributed by atoms with Crippen molar-refractivity contribution < 1.29 is 13.2 Å². The number of sulfone groups is 1. The van der Waals surface area contributed by atoms with Gasteiger partial charge in [0.25, 0.3) is 0 Å². The predicted octanol–water partition coefficient (Wildman–Crippen LogP) is 2.88. The van der Waals surface area contributed by atoms with Crippen LogP contribution in [-0.2, 0) is 16.9 Å². The first-order chi connectivity index (χ1) is 14.7. The van der Waals surface area contributed by atoms with Crippen molar-refractivity contribution in [3.63, 3.8) is 0 Å². The van der Waals surface area contributed by atoms with Gasteiger partial charge in [0.1, 0.15) is 23.1 Å². The van der Waals surface area contributed by atoms with Crippen molar-refractivity contribution >= 4 is 32.5 Å². The van der Waals surface area contributed by atoms with E-state index in [4.69, 9.17) is 10.00 Å². The van der Waals surface area contributed by atoms with Crippen LogP contribution in [0.5, 0.6) is 11.6 Å². The Morgan fingerprint density at radius 3 is 2.61 bits per heavy atom. The molecule has 4 aromatic heterocycles. The van der Waals surface area contributed by atoms with Gasteiger partial charge in [-0.25, -0.2) is 23.4 Å². The van der Waals surface area contributed by atoms with Crippen LogP contribution in [0.15, 0.2) is 47.9 Å². The fraction of sp³-hybridized carbons (Fsp3) is 0.150. The number of aryl methyl sites for hydroxylation is 2. The molecule has 156 valence electrons. The van der Waals surface area contributed by atoms with E-state index < -0.39 is 9.84 Å². The number of nitrogens with one attached hydrogen (secondary N) is 1. The number of nitriles is 1. The second-order valence-electron chi connectivity index (χ2n) is 6.86. The summed E-state index contributed by atoms with van der Waals surface area (Å²) in [6.45, 7) is 1.81. The number of fused-ring (bicyclic) bond motifs is 1. The van der Waals surface area contributed by atoms with E-state index in [0.717, 1.165) is 11.8 Å². The molecule has 4 rings (SSSR count). The lowest BCUT2D eigenvalue weighted by atomic mass is 10.2. The zero-order chi connectivity index (χ0) is 22.2. The third-order valence-electron chi connectivity index (χ3n) is 4.46. The van der Waals surface area contributed by atoms with Crippen LogP contribution >= 0.6 is 0 Å². The maximum Gasteiger partial charge on any atom is 0.223 e. The summed E-state index contributed by atoms with van der Waals surface area (Å²) in [5.41, 5.74) is 2.79. The standard InChI is InChI=1S/C20H17N7O3S/c1-12-6-13(8-21)22-10-16(12)30-18-7-15(19-20(26-18)27(2)11-24-19)25-17-5-4-14(9-23-17)31(3,28)29/h4-7,9-11H,1-3H3,(H,23,25,26). The predicted molar refractivity (Wildman–Crippen MR) is 113 cm³/mol. The Morgan fingerprint density at radius 1 is 1.16 bits per heavy atom.